The van der Waals surface area contributed by atoms with Crippen LogP contribution in [0.25, 0.3) is 0 Å². The zero-order valence-electron chi connectivity index (χ0n) is 21.1. The number of methoxy groups -OCH3 is 1. The van der Waals surface area contributed by atoms with E-state index in [1.165, 1.54) is 5.56 Å². The highest BCUT2D eigenvalue weighted by molar-refractivity contribution is 6.32. The van der Waals surface area contributed by atoms with Crippen LogP contribution in [0.2, 0.25) is 5.02 Å². The maximum atomic E-state index is 13.0. The van der Waals surface area contributed by atoms with Crippen molar-refractivity contribution in [1.29, 1.82) is 0 Å². The fraction of sp³-hybridized carbons (Fsp3) is 0.333. The Hall–Kier alpha value is -3.71. The third kappa shape index (κ3) is 5.73. The minimum Gasteiger partial charge on any atom is -0.497 e. The number of amides is 1. The molecule has 3 atom stereocenters. The van der Waals surface area contributed by atoms with Gasteiger partial charge in [0.2, 0.25) is 0 Å². The number of nitrogens with one attached hydrogen (secondary N) is 1. The van der Waals surface area contributed by atoms with Crippen molar-refractivity contribution < 1.29 is 28.9 Å². The lowest BCUT2D eigenvalue weighted by atomic mass is 9.81. The normalized spacial score (nSPS) is 20.5. The van der Waals surface area contributed by atoms with Crippen molar-refractivity contribution in [2.45, 2.75) is 50.0 Å². The average Bonchev–Trinajstić information content (AvgIpc) is 2.93. The number of rotatable bonds is 7. The lowest BCUT2D eigenvalue weighted by Gasteiger charge is -2.30. The van der Waals surface area contributed by atoms with Gasteiger partial charge in [0, 0.05) is 23.2 Å². The van der Waals surface area contributed by atoms with E-state index in [-0.39, 0.29) is 11.9 Å². The van der Waals surface area contributed by atoms with Crippen molar-refractivity contribution in [1.82, 2.24) is 5.32 Å². The Balaban J connectivity index is 1.21. The molecule has 8 heteroatoms. The van der Waals surface area contributed by atoms with E-state index >= 15 is 0 Å². The Morgan fingerprint density at radius 2 is 1.74 bits per heavy atom. The summed E-state index contributed by atoms with van der Waals surface area (Å²) in [4.78, 5) is 24.5. The molecule has 198 valence electrons. The van der Waals surface area contributed by atoms with E-state index in [1.54, 1.807) is 43.5 Å². The van der Waals surface area contributed by atoms with Crippen molar-refractivity contribution in [3.05, 3.63) is 82.4 Å². The van der Waals surface area contributed by atoms with Gasteiger partial charge in [-0.05, 0) is 79.6 Å². The third-order valence-corrected chi connectivity index (χ3v) is 7.64. The lowest BCUT2D eigenvalue weighted by molar-refractivity contribution is -0.139. The summed E-state index contributed by atoms with van der Waals surface area (Å²) >= 11 is 6.40. The summed E-state index contributed by atoms with van der Waals surface area (Å²) in [6, 6.07) is 18.4. The molecule has 2 N–H and O–H groups in total. The van der Waals surface area contributed by atoms with E-state index in [2.05, 4.69) is 17.4 Å². The topological polar surface area (TPSA) is 94.1 Å². The number of benzene rings is 3. The van der Waals surface area contributed by atoms with E-state index in [4.69, 9.17) is 25.8 Å². The zero-order valence-corrected chi connectivity index (χ0v) is 21.9. The number of hydrogen-bond acceptors (Lipinski definition) is 5. The highest BCUT2D eigenvalue weighted by Crippen LogP contribution is 2.42. The van der Waals surface area contributed by atoms with Gasteiger partial charge in [0.25, 0.3) is 5.91 Å². The van der Waals surface area contributed by atoms with E-state index in [1.807, 2.05) is 12.1 Å². The molecule has 7 nitrogen and oxygen atoms in total. The summed E-state index contributed by atoms with van der Waals surface area (Å²) in [5.41, 5.74) is 2.37. The second-order valence-electron chi connectivity index (χ2n) is 9.78. The van der Waals surface area contributed by atoms with Gasteiger partial charge in [0.05, 0.1) is 24.7 Å². The molecular weight excluding hydrogens is 506 g/mol. The highest BCUT2D eigenvalue weighted by atomic mass is 35.5. The van der Waals surface area contributed by atoms with Gasteiger partial charge in [-0.15, -0.1) is 0 Å². The van der Waals surface area contributed by atoms with Gasteiger partial charge in [-0.3, -0.25) is 9.59 Å². The summed E-state index contributed by atoms with van der Waals surface area (Å²) < 4.78 is 16.8. The molecule has 2 aliphatic rings. The first-order valence-electron chi connectivity index (χ1n) is 12.8. The molecule has 3 unspecified atom stereocenters. The Bertz CT molecular complexity index is 1310. The second-order valence-corrected chi connectivity index (χ2v) is 10.2. The molecule has 0 bridgehead atoms. The van der Waals surface area contributed by atoms with Crippen LogP contribution in [-0.2, 0) is 4.79 Å². The number of carbonyl (C=O) groups excluding carboxylic acids is 1. The van der Waals surface area contributed by atoms with Crippen molar-refractivity contribution in [3.8, 4) is 23.0 Å². The Morgan fingerprint density at radius 1 is 1.00 bits per heavy atom. The Kier molecular flexibility index (Phi) is 7.74. The maximum Gasteiger partial charge on any atom is 0.311 e. The quantitative estimate of drug-likeness (QED) is 0.356. The van der Waals surface area contributed by atoms with Gasteiger partial charge in [-0.1, -0.05) is 30.2 Å². The predicted molar refractivity (Wildman–Crippen MR) is 144 cm³/mol. The first kappa shape index (κ1) is 25.9. The van der Waals surface area contributed by atoms with E-state index < -0.39 is 11.9 Å². The monoisotopic (exact) mass is 535 g/mol. The van der Waals surface area contributed by atoms with Crippen LogP contribution in [0.1, 0.15) is 65.4 Å². The predicted octanol–water partition coefficient (Wildman–Crippen LogP) is 6.55. The van der Waals surface area contributed by atoms with Crippen molar-refractivity contribution in [2.75, 3.05) is 13.7 Å². The summed E-state index contributed by atoms with van der Waals surface area (Å²) in [6.07, 6.45) is 4.43. The van der Waals surface area contributed by atoms with E-state index in [9.17, 15) is 14.7 Å². The second kappa shape index (κ2) is 11.4. The Labute approximate surface area is 226 Å². The van der Waals surface area contributed by atoms with Gasteiger partial charge in [0.1, 0.15) is 23.0 Å². The minimum absolute atomic E-state index is 0.114. The number of halogens is 1. The first-order chi connectivity index (χ1) is 18.4. The van der Waals surface area contributed by atoms with Crippen LogP contribution in [0, 0.1) is 0 Å². The zero-order chi connectivity index (χ0) is 26.6. The van der Waals surface area contributed by atoms with Gasteiger partial charge >= 0.3 is 5.97 Å². The number of carbonyl (C=O) groups is 2. The summed E-state index contributed by atoms with van der Waals surface area (Å²) in [5.74, 6) is 0.905. The SMILES string of the molecule is COc1ccc(C2CCCC(NC(=O)c3ccc(Oc4cc5c(cc4Cl)C(C(=O)O)CCO5)cc3)C2)cc1. The van der Waals surface area contributed by atoms with Crippen LogP contribution in [-0.4, -0.2) is 36.7 Å². The number of aliphatic carboxylic acids is 1. The number of hydrogen-bond donors (Lipinski definition) is 2. The molecule has 3 aromatic carbocycles. The van der Waals surface area contributed by atoms with Gasteiger partial charge in [-0.25, -0.2) is 0 Å². The lowest BCUT2D eigenvalue weighted by Crippen LogP contribution is -2.37. The largest absolute Gasteiger partial charge is 0.497 e. The standard InChI is InChI=1S/C30H30ClNO6/c1-36-22-9-5-18(6-10-22)20-3-2-4-21(15-20)32-29(33)19-7-11-23(12-8-19)38-28-17-27-25(16-26(28)31)24(30(34)35)13-14-37-27/h5-12,16-17,20-21,24H,2-4,13-15H2,1H3,(H,32,33)(H,34,35). The number of carboxylic acid groups (broad SMARTS) is 1. The third-order valence-electron chi connectivity index (χ3n) is 7.34. The van der Waals surface area contributed by atoms with Gasteiger partial charge in [-0.2, -0.15) is 0 Å². The van der Waals surface area contributed by atoms with Crippen molar-refractivity contribution >= 4 is 23.5 Å². The molecule has 1 amide bonds. The van der Waals surface area contributed by atoms with Crippen LogP contribution < -0.4 is 19.5 Å². The van der Waals surface area contributed by atoms with Crippen molar-refractivity contribution in [2.24, 2.45) is 0 Å². The van der Waals surface area contributed by atoms with Crippen LogP contribution in [0.4, 0.5) is 0 Å². The average molecular weight is 536 g/mol. The molecule has 3 aromatic rings. The maximum absolute atomic E-state index is 13.0. The van der Waals surface area contributed by atoms with Crippen molar-refractivity contribution in [3.63, 3.8) is 0 Å². The number of ether oxygens (including phenoxy) is 3. The molecule has 38 heavy (non-hydrogen) atoms. The molecule has 1 fully saturated rings. The fourth-order valence-electron chi connectivity index (χ4n) is 5.29. The smallest absolute Gasteiger partial charge is 0.311 e. The van der Waals surface area contributed by atoms with Gasteiger partial charge in [0.15, 0.2) is 0 Å². The first-order valence-corrected chi connectivity index (χ1v) is 13.2. The Morgan fingerprint density at radius 3 is 2.45 bits per heavy atom. The van der Waals surface area contributed by atoms with Crippen LogP contribution in [0.15, 0.2) is 60.7 Å². The molecule has 1 saturated carbocycles. The highest BCUT2D eigenvalue weighted by Gasteiger charge is 2.29. The fourth-order valence-corrected chi connectivity index (χ4v) is 5.50. The number of carboxylic acids is 1. The summed E-state index contributed by atoms with van der Waals surface area (Å²) in [6.45, 7) is 0.316. The van der Waals surface area contributed by atoms with Crippen LogP contribution >= 0.6 is 11.6 Å². The molecule has 0 saturated heterocycles. The van der Waals surface area contributed by atoms with Gasteiger partial charge < -0.3 is 24.6 Å². The molecule has 0 spiro atoms. The van der Waals surface area contributed by atoms with E-state index in [0.717, 1.165) is 31.4 Å². The molecule has 1 aliphatic carbocycles. The molecular formula is C30H30ClNO6. The minimum atomic E-state index is -0.905. The summed E-state index contributed by atoms with van der Waals surface area (Å²) in [5, 5.41) is 13.0. The molecule has 1 heterocycles. The van der Waals surface area contributed by atoms with Crippen LogP contribution in [0.5, 0.6) is 23.0 Å². The summed E-state index contributed by atoms with van der Waals surface area (Å²) in [7, 11) is 1.66. The molecule has 5 rings (SSSR count). The molecule has 1 aliphatic heterocycles. The number of fused-ring (bicyclic) bond motifs is 1. The van der Waals surface area contributed by atoms with E-state index in [0.29, 0.717) is 52.3 Å². The molecule has 0 aromatic heterocycles. The molecule has 0 radical (unpaired) electrons. The van der Waals surface area contributed by atoms with Crippen LogP contribution in [0.3, 0.4) is 0 Å².